The molecule has 0 aliphatic carbocycles. The van der Waals surface area contributed by atoms with Crippen molar-refractivity contribution in [2.24, 2.45) is 0 Å². The molecule has 3 heterocycles. The van der Waals surface area contributed by atoms with Gasteiger partial charge in [0, 0.05) is 0 Å². The van der Waals surface area contributed by atoms with Crippen molar-refractivity contribution in [3.8, 4) is 56.8 Å². The van der Waals surface area contributed by atoms with Gasteiger partial charge in [-0.1, -0.05) is 93.6 Å². The normalized spacial score (nSPS) is 11.2. The van der Waals surface area contributed by atoms with E-state index in [-0.39, 0.29) is 0 Å². The van der Waals surface area contributed by atoms with Gasteiger partial charge in [-0.15, -0.1) is 11.1 Å². The molecule has 0 atom stereocenters. The van der Waals surface area contributed by atoms with E-state index >= 15 is 0 Å². The topological polar surface area (TPSA) is 38.7 Å². The molecule has 3 aromatic heterocycles. The molecule has 5 heteroatoms. The molecule has 0 saturated heterocycles. The standard InChI is InChI=1S/C31H31N3Si2/c1-35(2,3)20-18-26-14-10-16-28(32-26)30-22-25(24-12-8-7-9-13-24)23-31(34-30)29-17-11-15-27(33-29)19-21-36(4,5)6/h7-17,22-23H,1-6H3. The lowest BCUT2D eigenvalue weighted by atomic mass is 10.0. The lowest BCUT2D eigenvalue weighted by molar-refractivity contribution is 1.20. The molecule has 0 aliphatic rings. The number of rotatable bonds is 3. The fourth-order valence-corrected chi connectivity index (χ4v) is 4.39. The third kappa shape index (κ3) is 7.12. The molecule has 0 radical (unpaired) electrons. The molecule has 36 heavy (non-hydrogen) atoms. The molecule has 0 bridgehead atoms. The van der Waals surface area contributed by atoms with Gasteiger partial charge in [0.1, 0.15) is 27.5 Å². The monoisotopic (exact) mass is 501 g/mol. The highest BCUT2D eigenvalue weighted by Gasteiger charge is 2.13. The van der Waals surface area contributed by atoms with Crippen LogP contribution in [0.25, 0.3) is 33.9 Å². The molecule has 178 valence electrons. The summed E-state index contributed by atoms with van der Waals surface area (Å²) in [6, 6.07) is 26.4. The molecule has 4 rings (SSSR count). The first-order valence-corrected chi connectivity index (χ1v) is 19.1. The van der Waals surface area contributed by atoms with Crippen LogP contribution in [0.1, 0.15) is 11.4 Å². The van der Waals surface area contributed by atoms with E-state index in [9.17, 15) is 0 Å². The van der Waals surface area contributed by atoms with Crippen molar-refractivity contribution in [2.75, 3.05) is 0 Å². The minimum atomic E-state index is -1.50. The summed E-state index contributed by atoms with van der Waals surface area (Å²) in [5, 5.41) is 0. The molecular weight excluding hydrogens is 471 g/mol. The van der Waals surface area contributed by atoms with Crippen LogP contribution in [-0.4, -0.2) is 31.1 Å². The van der Waals surface area contributed by atoms with Crippen molar-refractivity contribution in [2.45, 2.75) is 39.3 Å². The Balaban J connectivity index is 1.84. The first-order chi connectivity index (χ1) is 17.1. The molecule has 0 unspecified atom stereocenters. The molecule has 1 aromatic carbocycles. The van der Waals surface area contributed by atoms with Gasteiger partial charge in [-0.05, 0) is 47.5 Å². The average Bonchev–Trinajstić information content (AvgIpc) is 2.86. The lowest BCUT2D eigenvalue weighted by Crippen LogP contribution is -2.16. The van der Waals surface area contributed by atoms with Crippen LogP contribution in [0.15, 0.2) is 78.9 Å². The smallest absolute Gasteiger partial charge is 0.129 e. The van der Waals surface area contributed by atoms with Gasteiger partial charge in [-0.2, -0.15) is 0 Å². The first-order valence-electron chi connectivity index (χ1n) is 12.1. The second-order valence-electron chi connectivity index (χ2n) is 10.8. The predicted octanol–water partition coefficient (Wildman–Crippen LogP) is 7.33. The van der Waals surface area contributed by atoms with Gasteiger partial charge in [-0.25, -0.2) is 15.0 Å². The first kappa shape index (κ1) is 25.3. The summed E-state index contributed by atoms with van der Waals surface area (Å²) in [5.41, 5.74) is 13.7. The third-order valence-corrected chi connectivity index (χ3v) is 6.84. The number of hydrogen-bond acceptors (Lipinski definition) is 3. The fraction of sp³-hybridized carbons (Fsp3) is 0.194. The molecule has 0 spiro atoms. The Morgan fingerprint density at radius 3 is 1.39 bits per heavy atom. The zero-order valence-corrected chi connectivity index (χ0v) is 23.8. The minimum Gasteiger partial charge on any atom is -0.244 e. The molecular formula is C31H31N3Si2. The molecule has 0 saturated carbocycles. The molecule has 3 nitrogen and oxygen atoms in total. The fourth-order valence-electron chi connectivity index (χ4n) is 3.39. The van der Waals surface area contributed by atoms with Crippen molar-refractivity contribution in [1.29, 1.82) is 0 Å². The Labute approximate surface area is 217 Å². The summed E-state index contributed by atoms with van der Waals surface area (Å²) in [7, 11) is -3.00. The highest BCUT2D eigenvalue weighted by Crippen LogP contribution is 2.29. The maximum Gasteiger partial charge on any atom is 0.129 e. The minimum absolute atomic E-state index is 0.769. The maximum atomic E-state index is 5.00. The van der Waals surface area contributed by atoms with Crippen molar-refractivity contribution in [3.05, 3.63) is 90.3 Å². The second-order valence-corrected chi connectivity index (χ2v) is 20.3. The van der Waals surface area contributed by atoms with Crippen LogP contribution >= 0.6 is 0 Å². The van der Waals surface area contributed by atoms with Crippen LogP contribution in [0.3, 0.4) is 0 Å². The Morgan fingerprint density at radius 2 is 0.944 bits per heavy atom. The summed E-state index contributed by atoms with van der Waals surface area (Å²) >= 11 is 0. The third-order valence-electron chi connectivity index (χ3n) is 5.09. The molecule has 0 fully saturated rings. The maximum absolute atomic E-state index is 5.00. The summed E-state index contributed by atoms with van der Waals surface area (Å²) < 4.78 is 0. The summed E-state index contributed by atoms with van der Waals surface area (Å²) in [4.78, 5) is 14.7. The van der Waals surface area contributed by atoms with E-state index < -0.39 is 16.1 Å². The molecule has 4 aromatic rings. The van der Waals surface area contributed by atoms with Crippen LogP contribution < -0.4 is 0 Å². The molecule has 0 amide bonds. The van der Waals surface area contributed by atoms with Crippen LogP contribution in [-0.2, 0) is 0 Å². The Kier molecular flexibility index (Phi) is 7.36. The summed E-state index contributed by atoms with van der Waals surface area (Å²) in [6.45, 7) is 13.4. The van der Waals surface area contributed by atoms with Crippen molar-refractivity contribution < 1.29 is 0 Å². The Bertz CT molecular complexity index is 1410. The highest BCUT2D eigenvalue weighted by molar-refractivity contribution is 6.84. The zero-order valence-electron chi connectivity index (χ0n) is 21.8. The van der Waals surface area contributed by atoms with E-state index in [1.54, 1.807) is 0 Å². The van der Waals surface area contributed by atoms with Gasteiger partial charge >= 0.3 is 0 Å². The number of hydrogen-bond donors (Lipinski definition) is 0. The Morgan fingerprint density at radius 1 is 0.472 bits per heavy atom. The Hall–Kier alpha value is -3.78. The quantitative estimate of drug-likeness (QED) is 0.218. The van der Waals surface area contributed by atoms with Crippen molar-refractivity contribution in [3.63, 3.8) is 0 Å². The van der Waals surface area contributed by atoms with Gasteiger partial charge in [0.05, 0.1) is 22.8 Å². The number of benzene rings is 1. The van der Waals surface area contributed by atoms with Crippen LogP contribution in [0.4, 0.5) is 0 Å². The molecule has 0 aliphatic heterocycles. The second kappa shape index (κ2) is 10.5. The molecule has 0 N–H and O–H groups in total. The van der Waals surface area contributed by atoms with E-state index in [1.165, 1.54) is 0 Å². The average molecular weight is 502 g/mol. The lowest BCUT2D eigenvalue weighted by Gasteiger charge is -2.10. The predicted molar refractivity (Wildman–Crippen MR) is 157 cm³/mol. The van der Waals surface area contributed by atoms with Crippen LogP contribution in [0.2, 0.25) is 39.3 Å². The van der Waals surface area contributed by atoms with Crippen molar-refractivity contribution >= 4 is 16.1 Å². The van der Waals surface area contributed by atoms with E-state index in [4.69, 9.17) is 15.0 Å². The van der Waals surface area contributed by atoms with E-state index in [2.05, 4.69) is 86.5 Å². The van der Waals surface area contributed by atoms with Gasteiger partial charge in [-0.3, -0.25) is 0 Å². The number of aromatic nitrogens is 3. The largest absolute Gasteiger partial charge is 0.244 e. The van der Waals surface area contributed by atoms with Crippen LogP contribution in [0, 0.1) is 22.9 Å². The summed E-state index contributed by atoms with van der Waals surface area (Å²) in [5.74, 6) is 6.54. The van der Waals surface area contributed by atoms with Gasteiger partial charge in [0.15, 0.2) is 0 Å². The number of nitrogens with zero attached hydrogens (tertiary/aromatic N) is 3. The SMILES string of the molecule is C[Si](C)(C)C#Cc1cccc(-c2cc(-c3ccccc3)cc(-c3cccc(C#C[Si](C)(C)C)n3)n2)n1. The van der Waals surface area contributed by atoms with Gasteiger partial charge in [0.25, 0.3) is 0 Å². The van der Waals surface area contributed by atoms with Crippen LogP contribution in [0.5, 0.6) is 0 Å². The van der Waals surface area contributed by atoms with E-state index in [0.29, 0.717) is 0 Å². The van der Waals surface area contributed by atoms with E-state index in [1.807, 2.05) is 54.6 Å². The number of pyridine rings is 3. The van der Waals surface area contributed by atoms with Crippen molar-refractivity contribution in [1.82, 2.24) is 15.0 Å². The van der Waals surface area contributed by atoms with Gasteiger partial charge < -0.3 is 0 Å². The zero-order chi connectivity index (χ0) is 25.8. The van der Waals surface area contributed by atoms with E-state index in [0.717, 1.165) is 45.3 Å². The van der Waals surface area contributed by atoms with Gasteiger partial charge in [0.2, 0.25) is 0 Å². The highest BCUT2D eigenvalue weighted by atomic mass is 28.3. The summed E-state index contributed by atoms with van der Waals surface area (Å²) in [6.07, 6.45) is 0.